The van der Waals surface area contributed by atoms with Crippen molar-refractivity contribution in [1.82, 2.24) is 4.90 Å². The molecule has 0 bridgehead atoms. The van der Waals surface area contributed by atoms with E-state index in [9.17, 15) is 9.18 Å². The summed E-state index contributed by atoms with van der Waals surface area (Å²) in [5.74, 6) is 0.214. The molecule has 2 aliphatic heterocycles. The highest BCUT2D eigenvalue weighted by Gasteiger charge is 2.41. The number of benzene rings is 1. The first-order valence-corrected chi connectivity index (χ1v) is 7.50. The molecule has 2 atom stereocenters. The Balaban J connectivity index is 1.63. The molecule has 5 heteroatoms. The summed E-state index contributed by atoms with van der Waals surface area (Å²) in [5, 5.41) is 0. The van der Waals surface area contributed by atoms with Gasteiger partial charge >= 0.3 is 0 Å². The number of likely N-dealkylation sites (N-methyl/N-ethyl adjacent to an activating group) is 1. The Labute approximate surface area is 128 Å². The minimum atomic E-state index is -0.220. The second-order valence-electron chi connectivity index (χ2n) is 6.01. The molecular weight excluding hydrogens is 283 g/mol. The van der Waals surface area contributed by atoms with Crippen LogP contribution in [0, 0.1) is 5.82 Å². The molecule has 1 saturated heterocycles. The van der Waals surface area contributed by atoms with Gasteiger partial charge in [0, 0.05) is 37.8 Å². The van der Waals surface area contributed by atoms with Gasteiger partial charge in [0.25, 0.3) is 5.91 Å². The quantitative estimate of drug-likeness (QED) is 0.812. The van der Waals surface area contributed by atoms with Gasteiger partial charge in [-0.3, -0.25) is 4.79 Å². The van der Waals surface area contributed by atoms with E-state index in [1.165, 1.54) is 12.3 Å². The maximum Gasteiger partial charge on any atom is 0.289 e. The van der Waals surface area contributed by atoms with Crippen molar-refractivity contribution in [3.05, 3.63) is 53.7 Å². The van der Waals surface area contributed by atoms with Crippen molar-refractivity contribution in [2.75, 3.05) is 25.0 Å². The molecule has 1 aromatic heterocycles. The monoisotopic (exact) mass is 300 g/mol. The van der Waals surface area contributed by atoms with Crippen LogP contribution in [0.3, 0.4) is 0 Å². The Morgan fingerprint density at radius 1 is 1.36 bits per heavy atom. The molecule has 1 fully saturated rings. The standard InChI is InChI=1S/C17H17FN2O2/c1-19-14-5-4-11(18)9-12(14)13-10-20(7-6-15(13)19)17(21)16-3-2-8-22-16/h2-5,8-9,13,15H,6-7,10H2,1H3/t13-,15-/m1/s1. The Morgan fingerprint density at radius 2 is 2.23 bits per heavy atom. The first-order chi connectivity index (χ1) is 10.6. The van der Waals surface area contributed by atoms with Crippen LogP contribution in [-0.4, -0.2) is 37.0 Å². The van der Waals surface area contributed by atoms with Gasteiger partial charge < -0.3 is 14.2 Å². The van der Waals surface area contributed by atoms with E-state index in [2.05, 4.69) is 4.90 Å². The third-order valence-electron chi connectivity index (χ3n) is 4.86. The summed E-state index contributed by atoms with van der Waals surface area (Å²) in [6.07, 6.45) is 2.39. The molecule has 22 heavy (non-hydrogen) atoms. The number of hydrogen-bond donors (Lipinski definition) is 0. The number of carbonyl (C=O) groups is 1. The first kappa shape index (κ1) is 13.4. The van der Waals surface area contributed by atoms with Crippen molar-refractivity contribution in [3.63, 3.8) is 0 Å². The molecule has 0 N–H and O–H groups in total. The molecule has 114 valence electrons. The van der Waals surface area contributed by atoms with Gasteiger partial charge in [0.1, 0.15) is 5.82 Å². The first-order valence-electron chi connectivity index (χ1n) is 7.50. The van der Waals surface area contributed by atoms with Crippen LogP contribution in [0.2, 0.25) is 0 Å². The molecule has 0 spiro atoms. The summed E-state index contributed by atoms with van der Waals surface area (Å²) in [4.78, 5) is 16.5. The summed E-state index contributed by atoms with van der Waals surface area (Å²) in [7, 11) is 2.05. The Kier molecular flexibility index (Phi) is 2.96. The second kappa shape index (κ2) is 4.87. The van der Waals surface area contributed by atoms with E-state index < -0.39 is 0 Å². The van der Waals surface area contributed by atoms with Crippen LogP contribution in [0.5, 0.6) is 0 Å². The summed E-state index contributed by atoms with van der Waals surface area (Å²) < 4.78 is 18.8. The topological polar surface area (TPSA) is 36.7 Å². The van der Waals surface area contributed by atoms with E-state index in [-0.39, 0.29) is 17.6 Å². The highest BCUT2D eigenvalue weighted by Crippen LogP contribution is 2.44. The number of anilines is 1. The molecule has 0 unspecified atom stereocenters. The number of fused-ring (bicyclic) bond motifs is 3. The van der Waals surface area contributed by atoms with Crippen LogP contribution < -0.4 is 4.90 Å². The lowest BCUT2D eigenvalue weighted by atomic mass is 9.89. The number of rotatable bonds is 1. The highest BCUT2D eigenvalue weighted by molar-refractivity contribution is 5.91. The number of furan rings is 1. The summed E-state index contributed by atoms with van der Waals surface area (Å²) >= 11 is 0. The minimum absolute atomic E-state index is 0.0871. The average molecular weight is 300 g/mol. The zero-order valence-corrected chi connectivity index (χ0v) is 12.3. The molecule has 1 aromatic carbocycles. The van der Waals surface area contributed by atoms with E-state index in [0.717, 1.165) is 17.7 Å². The van der Waals surface area contributed by atoms with E-state index in [1.54, 1.807) is 18.2 Å². The molecule has 3 heterocycles. The van der Waals surface area contributed by atoms with Crippen LogP contribution in [0.15, 0.2) is 41.0 Å². The van der Waals surface area contributed by atoms with Gasteiger partial charge in [0.05, 0.1) is 6.26 Å². The second-order valence-corrected chi connectivity index (χ2v) is 6.01. The molecule has 0 aliphatic carbocycles. The molecule has 0 radical (unpaired) electrons. The normalized spacial score (nSPS) is 23.4. The predicted molar refractivity (Wildman–Crippen MR) is 80.6 cm³/mol. The lowest BCUT2D eigenvalue weighted by Gasteiger charge is -2.37. The molecule has 2 aliphatic rings. The zero-order valence-electron chi connectivity index (χ0n) is 12.3. The molecule has 2 aromatic rings. The number of halogens is 1. The Hall–Kier alpha value is -2.30. The summed E-state index contributed by atoms with van der Waals surface area (Å²) in [5.41, 5.74) is 2.08. The van der Waals surface area contributed by atoms with Crippen LogP contribution >= 0.6 is 0 Å². The summed E-state index contributed by atoms with van der Waals surface area (Å²) in [6, 6.07) is 8.67. The number of amides is 1. The summed E-state index contributed by atoms with van der Waals surface area (Å²) in [6.45, 7) is 1.30. The fraction of sp³-hybridized carbons (Fsp3) is 0.353. The van der Waals surface area contributed by atoms with Crippen molar-refractivity contribution >= 4 is 11.6 Å². The average Bonchev–Trinajstić information content (AvgIpc) is 3.15. The highest BCUT2D eigenvalue weighted by atomic mass is 19.1. The SMILES string of the molecule is CN1c2ccc(F)cc2[C@H]2CN(C(=O)c3ccco3)CC[C@H]21. The smallest absolute Gasteiger partial charge is 0.289 e. The third-order valence-corrected chi connectivity index (χ3v) is 4.86. The Morgan fingerprint density at radius 3 is 3.00 bits per heavy atom. The van der Waals surface area contributed by atoms with E-state index in [0.29, 0.717) is 24.9 Å². The molecule has 0 saturated carbocycles. The number of likely N-dealkylation sites (tertiary alicyclic amines) is 1. The fourth-order valence-electron chi connectivity index (χ4n) is 3.77. The molecule has 4 nitrogen and oxygen atoms in total. The van der Waals surface area contributed by atoms with Gasteiger partial charge in [0.15, 0.2) is 5.76 Å². The zero-order chi connectivity index (χ0) is 15.3. The van der Waals surface area contributed by atoms with Crippen molar-refractivity contribution in [2.45, 2.75) is 18.4 Å². The number of piperidine rings is 1. The van der Waals surface area contributed by atoms with Gasteiger partial charge in [0.2, 0.25) is 0 Å². The Bertz CT molecular complexity index is 713. The van der Waals surface area contributed by atoms with E-state index >= 15 is 0 Å². The van der Waals surface area contributed by atoms with Gasteiger partial charge in [-0.1, -0.05) is 0 Å². The van der Waals surface area contributed by atoms with Crippen LogP contribution in [0.4, 0.5) is 10.1 Å². The maximum atomic E-state index is 13.6. The number of hydrogen-bond acceptors (Lipinski definition) is 3. The molecular formula is C17H17FN2O2. The largest absolute Gasteiger partial charge is 0.459 e. The van der Waals surface area contributed by atoms with Crippen LogP contribution in [0.1, 0.15) is 28.5 Å². The van der Waals surface area contributed by atoms with Crippen LogP contribution in [0.25, 0.3) is 0 Å². The van der Waals surface area contributed by atoms with Crippen molar-refractivity contribution in [3.8, 4) is 0 Å². The lowest BCUT2D eigenvalue weighted by molar-refractivity contribution is 0.0666. The maximum absolute atomic E-state index is 13.6. The van der Waals surface area contributed by atoms with Crippen molar-refractivity contribution in [2.24, 2.45) is 0 Å². The van der Waals surface area contributed by atoms with Gasteiger partial charge in [-0.05, 0) is 42.3 Å². The minimum Gasteiger partial charge on any atom is -0.459 e. The lowest BCUT2D eigenvalue weighted by Crippen LogP contribution is -2.47. The number of nitrogens with zero attached hydrogens (tertiary/aromatic N) is 2. The van der Waals surface area contributed by atoms with Gasteiger partial charge in [-0.15, -0.1) is 0 Å². The molecule has 1 amide bonds. The third kappa shape index (κ3) is 1.92. The van der Waals surface area contributed by atoms with Crippen LogP contribution in [-0.2, 0) is 0 Å². The number of carbonyl (C=O) groups excluding carboxylic acids is 1. The van der Waals surface area contributed by atoms with Gasteiger partial charge in [-0.25, -0.2) is 4.39 Å². The predicted octanol–water partition coefficient (Wildman–Crippen LogP) is 2.87. The van der Waals surface area contributed by atoms with Gasteiger partial charge in [-0.2, -0.15) is 0 Å². The molecule has 4 rings (SSSR count). The van der Waals surface area contributed by atoms with Crippen molar-refractivity contribution in [1.29, 1.82) is 0 Å². The fourth-order valence-corrected chi connectivity index (χ4v) is 3.77. The van der Waals surface area contributed by atoms with E-state index in [4.69, 9.17) is 4.42 Å². The van der Waals surface area contributed by atoms with E-state index in [1.807, 2.05) is 18.0 Å². The van der Waals surface area contributed by atoms with Crippen molar-refractivity contribution < 1.29 is 13.6 Å².